The van der Waals surface area contributed by atoms with E-state index < -0.39 is 0 Å². The van der Waals surface area contributed by atoms with E-state index in [0.29, 0.717) is 0 Å². The van der Waals surface area contributed by atoms with Crippen molar-refractivity contribution in [2.45, 2.75) is 0 Å². The molecule has 0 aliphatic carbocycles. The first-order valence-corrected chi connectivity index (χ1v) is 35.6. The Morgan fingerprint density at radius 1 is 0.210 bits per heavy atom. The summed E-state index contributed by atoms with van der Waals surface area (Å²) in [4.78, 5) is 4.89. The highest BCUT2D eigenvalue weighted by molar-refractivity contribution is 7.27. The van der Waals surface area contributed by atoms with Crippen molar-refractivity contribution >= 4 is 184 Å². The molecule has 21 rings (SSSR count). The number of fused-ring (bicyclic) bond motifs is 20. The molecule has 0 aliphatic heterocycles. The third kappa shape index (κ3) is 8.84. The number of anilines is 6. The van der Waals surface area contributed by atoms with Gasteiger partial charge in [0.25, 0.3) is 0 Å². The Kier molecular flexibility index (Phi) is 12.7. The van der Waals surface area contributed by atoms with Crippen LogP contribution in [0.2, 0.25) is 0 Å². The second kappa shape index (κ2) is 22.5. The monoisotopic (exact) mass is 1310 g/mol. The fourth-order valence-corrected chi connectivity index (χ4v) is 18.4. The molecule has 100 heavy (non-hydrogen) atoms. The molecule has 6 heteroatoms. The summed E-state index contributed by atoms with van der Waals surface area (Å²) in [5.41, 5.74) is 19.6. The molecule has 4 aromatic heterocycles. The van der Waals surface area contributed by atoms with E-state index >= 15 is 0 Å². The minimum absolute atomic E-state index is 0.892. The third-order valence-corrected chi connectivity index (χ3v) is 23.0. The van der Waals surface area contributed by atoms with Crippen molar-refractivity contribution in [3.05, 3.63) is 340 Å². The molecule has 0 atom stereocenters. The molecule has 0 amide bonds. The van der Waals surface area contributed by atoms with Crippen LogP contribution in [0.15, 0.2) is 349 Å². The van der Waals surface area contributed by atoms with Crippen LogP contribution in [-0.4, -0.2) is 0 Å². The van der Waals surface area contributed by atoms with Crippen LogP contribution >= 0.6 is 22.7 Å². The minimum atomic E-state index is 0.892. The standard InChI is InChI=1S/C94H56N2O2S2/c1-2-17-59(18-3-1)69-23-10-11-24-70(69)62-38-45-66(46-39-62)95(83-32-14-29-80-87-85(99-93(80)83)54-52-78-76-49-42-61-20-7-9-26-73(61)89(76)97-91(78)87)67-47-40-63(41-48-67)71-27-13-28-75-74(71)50-51-77-79-53-55-86-88(92(79)98-90(75)77)81-30-15-33-84(94(81)100-86)96(82-31-12-22-60-19-6-8-25-72(60)82)68-43-36-58(37-44-68)65-35-34-57-16-4-5-21-64(57)56-65/h1-56H. The van der Waals surface area contributed by atoms with E-state index in [4.69, 9.17) is 8.83 Å². The molecule has 21 aromatic rings. The van der Waals surface area contributed by atoms with Gasteiger partial charge in [0.15, 0.2) is 0 Å². The topological polar surface area (TPSA) is 32.8 Å². The second-order valence-corrected chi connectivity index (χ2v) is 28.2. The summed E-state index contributed by atoms with van der Waals surface area (Å²) in [7, 11) is 0. The highest BCUT2D eigenvalue weighted by Crippen LogP contribution is 2.52. The summed E-state index contributed by atoms with van der Waals surface area (Å²) in [6, 6.07) is 124. The maximum atomic E-state index is 7.35. The zero-order valence-corrected chi connectivity index (χ0v) is 55.5. The lowest BCUT2D eigenvalue weighted by Crippen LogP contribution is -2.10. The summed E-state index contributed by atoms with van der Waals surface area (Å²) in [5.74, 6) is 0. The van der Waals surface area contributed by atoms with Crippen molar-refractivity contribution in [1.29, 1.82) is 0 Å². The molecule has 0 fully saturated rings. The quantitative estimate of drug-likeness (QED) is 0.137. The van der Waals surface area contributed by atoms with Gasteiger partial charge in [-0.2, -0.15) is 0 Å². The number of furan rings is 2. The van der Waals surface area contributed by atoms with E-state index in [2.05, 4.69) is 350 Å². The summed E-state index contributed by atoms with van der Waals surface area (Å²) in [5, 5.41) is 18.5. The average molecular weight is 1310 g/mol. The number of benzene rings is 17. The highest BCUT2D eigenvalue weighted by atomic mass is 32.1. The Morgan fingerprint density at radius 2 is 0.600 bits per heavy atom. The van der Waals surface area contributed by atoms with E-state index in [0.717, 1.165) is 122 Å². The van der Waals surface area contributed by atoms with Crippen LogP contribution in [0.25, 0.3) is 172 Å². The van der Waals surface area contributed by atoms with E-state index in [1.54, 1.807) is 0 Å². The molecule has 0 radical (unpaired) electrons. The van der Waals surface area contributed by atoms with Crippen molar-refractivity contribution in [3.63, 3.8) is 0 Å². The van der Waals surface area contributed by atoms with E-state index in [9.17, 15) is 0 Å². The molecular weight excluding hydrogens is 1250 g/mol. The SMILES string of the molecule is c1ccc(-c2ccccc2-c2ccc(N(c3ccc(-c4cccc5c4ccc4c6ccc7sc8c(N(c9ccc(-c%10ccc%11ccccc%11c%10)cc9)c9cccc%10ccccc9%10)cccc8c7c6oc54)cc3)c3cccc4c3sc3ccc5c6ccc7ccccc7c6oc5c34)cc2)cc1. The summed E-state index contributed by atoms with van der Waals surface area (Å²) in [6.07, 6.45) is 0. The summed E-state index contributed by atoms with van der Waals surface area (Å²) < 4.78 is 19.1. The maximum absolute atomic E-state index is 7.35. The summed E-state index contributed by atoms with van der Waals surface area (Å²) in [6.45, 7) is 0. The maximum Gasteiger partial charge on any atom is 0.144 e. The van der Waals surface area contributed by atoms with Gasteiger partial charge in [0.05, 0.1) is 26.5 Å². The van der Waals surface area contributed by atoms with Gasteiger partial charge in [0.1, 0.15) is 22.3 Å². The van der Waals surface area contributed by atoms with Gasteiger partial charge in [-0.3, -0.25) is 0 Å². The van der Waals surface area contributed by atoms with Gasteiger partial charge in [-0.15, -0.1) is 22.7 Å². The number of thiophene rings is 2. The van der Waals surface area contributed by atoms with Crippen molar-refractivity contribution in [2.75, 3.05) is 9.80 Å². The van der Waals surface area contributed by atoms with Gasteiger partial charge < -0.3 is 18.6 Å². The first-order valence-electron chi connectivity index (χ1n) is 34.0. The molecule has 0 unspecified atom stereocenters. The number of nitrogens with zero attached hydrogens (tertiary/aromatic N) is 2. The lowest BCUT2D eigenvalue weighted by molar-refractivity contribution is 0.676. The van der Waals surface area contributed by atoms with Crippen LogP contribution < -0.4 is 9.80 Å². The van der Waals surface area contributed by atoms with E-state index in [1.807, 2.05) is 22.7 Å². The van der Waals surface area contributed by atoms with Gasteiger partial charge in [0, 0.05) is 85.7 Å². The average Bonchev–Trinajstić information content (AvgIpc) is 1.58. The predicted octanol–water partition coefficient (Wildman–Crippen LogP) is 28.4. The van der Waals surface area contributed by atoms with E-state index in [1.165, 1.54) is 84.3 Å². The van der Waals surface area contributed by atoms with Gasteiger partial charge in [-0.1, -0.05) is 243 Å². The van der Waals surface area contributed by atoms with E-state index in [-0.39, 0.29) is 0 Å². The Hall–Kier alpha value is -12.6. The fraction of sp³-hybridized carbons (Fsp3) is 0. The lowest BCUT2D eigenvalue weighted by Gasteiger charge is -2.27. The van der Waals surface area contributed by atoms with Crippen LogP contribution in [0.5, 0.6) is 0 Å². The molecule has 4 nitrogen and oxygen atoms in total. The first-order chi connectivity index (χ1) is 49.6. The normalized spacial score (nSPS) is 12.0. The fourth-order valence-electron chi connectivity index (χ4n) is 15.9. The number of rotatable bonds is 10. The molecule has 0 saturated carbocycles. The highest BCUT2D eigenvalue weighted by Gasteiger charge is 2.26. The number of hydrogen-bond donors (Lipinski definition) is 0. The molecule has 0 spiro atoms. The van der Waals surface area contributed by atoms with Gasteiger partial charge in [-0.25, -0.2) is 0 Å². The lowest BCUT2D eigenvalue weighted by atomic mass is 9.94. The smallest absolute Gasteiger partial charge is 0.144 e. The zero-order valence-electron chi connectivity index (χ0n) is 53.9. The van der Waals surface area contributed by atoms with Crippen molar-refractivity contribution in [1.82, 2.24) is 0 Å². The largest absolute Gasteiger partial charge is 0.455 e. The molecule has 17 aromatic carbocycles. The molecule has 466 valence electrons. The Labute approximate surface area is 582 Å². The molecular formula is C94H56N2O2S2. The van der Waals surface area contributed by atoms with Crippen LogP contribution in [0, 0.1) is 0 Å². The first kappa shape index (κ1) is 56.6. The van der Waals surface area contributed by atoms with Crippen molar-refractivity contribution < 1.29 is 8.83 Å². The summed E-state index contributed by atoms with van der Waals surface area (Å²) >= 11 is 3.66. The Morgan fingerprint density at radius 3 is 1.26 bits per heavy atom. The van der Waals surface area contributed by atoms with Crippen LogP contribution in [0.4, 0.5) is 34.1 Å². The molecule has 0 aliphatic rings. The minimum Gasteiger partial charge on any atom is -0.455 e. The predicted molar refractivity (Wildman–Crippen MR) is 428 cm³/mol. The molecule has 0 saturated heterocycles. The Bertz CT molecular complexity index is 6890. The molecule has 0 bridgehead atoms. The molecule has 0 N–H and O–H groups in total. The van der Waals surface area contributed by atoms with Gasteiger partial charge in [-0.05, 0) is 169 Å². The number of hydrogen-bond acceptors (Lipinski definition) is 6. The van der Waals surface area contributed by atoms with Gasteiger partial charge in [0.2, 0.25) is 0 Å². The second-order valence-electron chi connectivity index (χ2n) is 26.1. The van der Waals surface area contributed by atoms with Crippen molar-refractivity contribution in [2.24, 2.45) is 0 Å². The third-order valence-electron chi connectivity index (χ3n) is 20.7. The van der Waals surface area contributed by atoms with Crippen LogP contribution in [0.1, 0.15) is 0 Å². The van der Waals surface area contributed by atoms with Crippen molar-refractivity contribution in [3.8, 4) is 44.5 Å². The Balaban J connectivity index is 0.678. The zero-order chi connectivity index (χ0) is 65.5. The van der Waals surface area contributed by atoms with Gasteiger partial charge >= 0.3 is 0 Å². The van der Waals surface area contributed by atoms with Crippen LogP contribution in [-0.2, 0) is 0 Å². The van der Waals surface area contributed by atoms with Crippen LogP contribution in [0.3, 0.4) is 0 Å². The molecule has 4 heterocycles.